The third-order valence-electron chi connectivity index (χ3n) is 2.69. The maximum Gasteiger partial charge on any atom is 0.511 e. The Kier molecular flexibility index (Phi) is 6.01. The fourth-order valence-corrected chi connectivity index (χ4v) is 1.82. The monoisotopic (exact) mass is 305 g/mol. The maximum absolute atomic E-state index is 11.7. The molecular weight excluding hydrogens is 282 g/mol. The lowest BCUT2D eigenvalue weighted by Crippen LogP contribution is -2.37. The summed E-state index contributed by atoms with van der Waals surface area (Å²) in [5.41, 5.74) is -0.678. The van der Waals surface area contributed by atoms with E-state index in [1.54, 1.807) is 20.8 Å². The highest BCUT2D eigenvalue weighted by molar-refractivity contribution is 5.60. The normalized spacial score (nSPS) is 21.1. The van der Waals surface area contributed by atoms with Gasteiger partial charge in [0.1, 0.15) is 11.6 Å². The Hall–Kier alpha value is -1.77. The number of aliphatic hydroxyl groups excluding tert-OH is 1. The minimum Gasteiger partial charge on any atom is -0.569 e. The van der Waals surface area contributed by atoms with Crippen LogP contribution in [0.3, 0.4) is 0 Å². The minimum absolute atomic E-state index is 0.127. The quantitative estimate of drug-likeness (QED) is 0.270. The summed E-state index contributed by atoms with van der Waals surface area (Å²) in [6.45, 7) is 6.87. The van der Waals surface area contributed by atoms with Crippen molar-refractivity contribution in [2.24, 2.45) is 5.28 Å². The largest absolute Gasteiger partial charge is 0.569 e. The maximum atomic E-state index is 11.7. The van der Waals surface area contributed by atoms with Gasteiger partial charge in [-0.25, -0.2) is 4.79 Å². The van der Waals surface area contributed by atoms with E-state index in [1.165, 1.54) is 11.9 Å². The van der Waals surface area contributed by atoms with Crippen molar-refractivity contribution in [3.8, 4) is 0 Å². The van der Waals surface area contributed by atoms with Crippen LogP contribution in [0.1, 0.15) is 40.5 Å². The summed E-state index contributed by atoms with van der Waals surface area (Å²) in [4.78, 5) is 16.4. The van der Waals surface area contributed by atoms with E-state index >= 15 is 0 Å². The molecule has 1 N–H and O–H groups in total. The second-order valence-electron chi connectivity index (χ2n) is 5.73. The van der Waals surface area contributed by atoms with Gasteiger partial charge in [0.2, 0.25) is 5.28 Å². The van der Waals surface area contributed by atoms with Crippen LogP contribution in [0.2, 0.25) is 0 Å². The number of carbonyl (C=O) groups excluding carboxylic acids is 1. The van der Waals surface area contributed by atoms with Gasteiger partial charge in [0.05, 0.1) is 18.1 Å². The summed E-state index contributed by atoms with van der Waals surface area (Å²) >= 11 is 0. The standard InChI is InChI=1S/C12H23N3O6/c1-9(19-11(17)20-12(2,3)4)21-13-15(18)14-7-5-6-10(14)8-16/h9-10,16H,5-8H2,1-4H3/t9?,10-/m0/s1. The zero-order valence-electron chi connectivity index (χ0n) is 12.8. The lowest BCUT2D eigenvalue weighted by molar-refractivity contribution is -0.716. The zero-order chi connectivity index (χ0) is 16.0. The van der Waals surface area contributed by atoms with Crippen LogP contribution in [0, 0.1) is 5.21 Å². The highest BCUT2D eigenvalue weighted by atomic mass is 16.8. The molecule has 0 aromatic carbocycles. The van der Waals surface area contributed by atoms with Gasteiger partial charge in [-0.2, -0.15) is 0 Å². The fourth-order valence-electron chi connectivity index (χ4n) is 1.82. The Balaban J connectivity index is 2.42. The van der Waals surface area contributed by atoms with E-state index in [0.717, 1.165) is 6.42 Å². The van der Waals surface area contributed by atoms with Crippen molar-refractivity contribution in [3.05, 3.63) is 5.21 Å². The second-order valence-corrected chi connectivity index (χ2v) is 5.73. The predicted octanol–water partition coefficient (Wildman–Crippen LogP) is 1.55. The van der Waals surface area contributed by atoms with Gasteiger partial charge in [-0.3, -0.25) is 4.84 Å². The third kappa shape index (κ3) is 6.03. The van der Waals surface area contributed by atoms with E-state index in [1.807, 2.05) is 0 Å². The van der Waals surface area contributed by atoms with Crippen molar-refractivity contribution in [2.45, 2.75) is 58.5 Å². The minimum atomic E-state index is -1.06. The van der Waals surface area contributed by atoms with Gasteiger partial charge in [0, 0.05) is 6.92 Å². The van der Waals surface area contributed by atoms with Gasteiger partial charge in [0.15, 0.2) is 0 Å². The summed E-state index contributed by atoms with van der Waals surface area (Å²) in [5.74, 6) is 0. The summed E-state index contributed by atoms with van der Waals surface area (Å²) in [5, 5.41) is 25.5. The summed E-state index contributed by atoms with van der Waals surface area (Å²) in [6.07, 6.45) is -0.457. The molecule has 0 aliphatic carbocycles. The Morgan fingerprint density at radius 2 is 2.24 bits per heavy atom. The molecule has 0 aromatic heterocycles. The number of hydrazine groups is 1. The van der Waals surface area contributed by atoms with Gasteiger partial charge in [0.25, 0.3) is 6.29 Å². The van der Waals surface area contributed by atoms with Crippen LogP contribution in [-0.4, -0.2) is 52.3 Å². The van der Waals surface area contributed by atoms with Crippen LogP contribution in [0.25, 0.3) is 0 Å². The lowest BCUT2D eigenvalue weighted by atomic mass is 10.2. The van der Waals surface area contributed by atoms with E-state index in [0.29, 0.717) is 13.0 Å². The van der Waals surface area contributed by atoms with Crippen molar-refractivity contribution in [1.82, 2.24) is 5.01 Å². The molecule has 122 valence electrons. The van der Waals surface area contributed by atoms with Crippen LogP contribution >= 0.6 is 0 Å². The van der Waals surface area contributed by atoms with Crippen LogP contribution in [-0.2, 0) is 14.3 Å². The zero-order valence-corrected chi connectivity index (χ0v) is 12.8. The number of ether oxygens (including phenoxy) is 2. The first-order chi connectivity index (χ1) is 9.73. The number of carbonyl (C=O) groups is 1. The molecule has 1 heterocycles. The van der Waals surface area contributed by atoms with Gasteiger partial charge >= 0.3 is 6.16 Å². The number of rotatable bonds is 5. The van der Waals surface area contributed by atoms with E-state index in [-0.39, 0.29) is 17.6 Å². The Labute approximate surface area is 123 Å². The lowest BCUT2D eigenvalue weighted by Gasteiger charge is -2.20. The molecule has 1 rings (SSSR count). The number of hydrogen-bond acceptors (Lipinski definition) is 7. The van der Waals surface area contributed by atoms with Crippen molar-refractivity contribution >= 4 is 6.16 Å². The molecule has 1 fully saturated rings. The first-order valence-electron chi connectivity index (χ1n) is 6.84. The average Bonchev–Trinajstić information content (AvgIpc) is 2.81. The molecule has 1 saturated heterocycles. The predicted molar refractivity (Wildman–Crippen MR) is 70.7 cm³/mol. The van der Waals surface area contributed by atoms with Gasteiger partial charge < -0.3 is 19.8 Å². The Morgan fingerprint density at radius 3 is 2.81 bits per heavy atom. The average molecular weight is 305 g/mol. The third-order valence-corrected chi connectivity index (χ3v) is 2.69. The molecule has 0 bridgehead atoms. The van der Waals surface area contributed by atoms with E-state index in [4.69, 9.17) is 19.4 Å². The van der Waals surface area contributed by atoms with Gasteiger partial charge in [-0.1, -0.05) is 0 Å². The summed E-state index contributed by atoms with van der Waals surface area (Å²) in [6, 6.07) is -0.267. The number of nitrogens with zero attached hydrogens (tertiary/aromatic N) is 3. The summed E-state index contributed by atoms with van der Waals surface area (Å²) in [7, 11) is 0. The van der Waals surface area contributed by atoms with Gasteiger partial charge in [-0.15, -0.1) is 5.01 Å². The molecule has 0 aromatic rings. The molecule has 2 atom stereocenters. The first-order valence-corrected chi connectivity index (χ1v) is 6.84. The highest BCUT2D eigenvalue weighted by Gasteiger charge is 2.30. The van der Waals surface area contributed by atoms with E-state index in [2.05, 4.69) is 5.28 Å². The van der Waals surface area contributed by atoms with Crippen LogP contribution in [0.4, 0.5) is 4.79 Å². The molecule has 0 saturated carbocycles. The molecule has 1 aliphatic rings. The molecule has 9 heteroatoms. The molecule has 1 unspecified atom stereocenters. The van der Waals surface area contributed by atoms with Crippen LogP contribution < -0.4 is 0 Å². The topological polar surface area (TPSA) is 107 Å². The van der Waals surface area contributed by atoms with Crippen LogP contribution in [0.5, 0.6) is 0 Å². The molecule has 1 aliphatic heterocycles. The molecular formula is C12H23N3O6. The second kappa shape index (κ2) is 7.30. The smallest absolute Gasteiger partial charge is 0.511 e. The Bertz CT molecular complexity index is 382. The molecule has 0 amide bonds. The van der Waals surface area contributed by atoms with Crippen molar-refractivity contribution in [3.63, 3.8) is 0 Å². The molecule has 0 spiro atoms. The fraction of sp³-hybridized carbons (Fsp3) is 0.917. The van der Waals surface area contributed by atoms with Crippen LogP contribution in [0.15, 0.2) is 5.28 Å². The molecule has 9 nitrogen and oxygen atoms in total. The van der Waals surface area contributed by atoms with Gasteiger partial charge in [-0.05, 0) is 33.6 Å². The van der Waals surface area contributed by atoms with E-state index < -0.39 is 18.0 Å². The Morgan fingerprint density at radius 1 is 1.57 bits per heavy atom. The van der Waals surface area contributed by atoms with E-state index in [9.17, 15) is 10.0 Å². The van der Waals surface area contributed by atoms with Crippen molar-refractivity contribution < 1.29 is 29.2 Å². The molecule has 21 heavy (non-hydrogen) atoms. The molecule has 0 radical (unpaired) electrons. The number of hydrogen-bond donors (Lipinski definition) is 1. The van der Waals surface area contributed by atoms with Crippen molar-refractivity contribution in [2.75, 3.05) is 13.2 Å². The first kappa shape index (κ1) is 17.3. The summed E-state index contributed by atoms with van der Waals surface area (Å²) < 4.78 is 9.71. The SMILES string of the molecule is CC(ON=[N+]([O-])N1CCC[C@H]1CO)OC(=O)OC(C)(C)C. The number of aliphatic hydroxyl groups is 1. The van der Waals surface area contributed by atoms with Crippen molar-refractivity contribution in [1.29, 1.82) is 0 Å². The highest BCUT2D eigenvalue weighted by Crippen LogP contribution is 2.17.